The summed E-state index contributed by atoms with van der Waals surface area (Å²) in [5, 5.41) is 8.81. The first-order valence-corrected chi connectivity index (χ1v) is 12.3. The first-order valence-electron chi connectivity index (χ1n) is 11.3. The minimum absolute atomic E-state index is 0.0549. The Kier molecular flexibility index (Phi) is 7.62. The summed E-state index contributed by atoms with van der Waals surface area (Å²) in [5.41, 5.74) is 1.05. The molecule has 0 spiro atoms. The summed E-state index contributed by atoms with van der Waals surface area (Å²) < 4.78 is 21.5. The normalized spacial score (nSPS) is 18.0. The van der Waals surface area contributed by atoms with Crippen LogP contribution in [0.4, 0.5) is 4.39 Å². The van der Waals surface area contributed by atoms with Crippen molar-refractivity contribution >= 4 is 23.6 Å². The molecule has 0 aliphatic carbocycles. The molecular weight excluding hydrogens is 455 g/mol. The molecule has 4 rings (SSSR count). The number of thioether (sulfide) groups is 1. The van der Waals surface area contributed by atoms with E-state index in [-0.39, 0.29) is 30.4 Å². The second-order valence-corrected chi connectivity index (χ2v) is 9.28. The lowest BCUT2D eigenvalue weighted by molar-refractivity contribution is -0.153. The molecule has 2 unspecified atom stereocenters. The molecule has 0 bridgehead atoms. The number of ether oxygens (including phenoxy) is 1. The smallest absolute Gasteiger partial charge is 0.316 e. The number of para-hydroxylation sites is 1. The van der Waals surface area contributed by atoms with E-state index in [1.807, 2.05) is 49.1 Å². The summed E-state index contributed by atoms with van der Waals surface area (Å²) in [6, 6.07) is 15.9. The van der Waals surface area contributed by atoms with E-state index < -0.39 is 11.8 Å². The van der Waals surface area contributed by atoms with Crippen LogP contribution < -0.4 is 0 Å². The average molecular weight is 483 g/mol. The molecule has 0 saturated carbocycles. The Morgan fingerprint density at radius 1 is 1.03 bits per heavy atom. The van der Waals surface area contributed by atoms with Crippen molar-refractivity contribution in [2.75, 3.05) is 12.4 Å². The van der Waals surface area contributed by atoms with Gasteiger partial charge in [-0.2, -0.15) is 0 Å². The Bertz CT molecular complexity index is 1140. The number of aromatic nitrogens is 3. The quantitative estimate of drug-likeness (QED) is 0.365. The first-order chi connectivity index (χ1) is 16.5. The fourth-order valence-electron chi connectivity index (χ4n) is 4.29. The van der Waals surface area contributed by atoms with Gasteiger partial charge in [0, 0.05) is 17.8 Å². The second kappa shape index (κ2) is 10.8. The van der Waals surface area contributed by atoms with Crippen LogP contribution in [0.3, 0.4) is 0 Å². The van der Waals surface area contributed by atoms with Crippen LogP contribution in [0.15, 0.2) is 59.8 Å². The van der Waals surface area contributed by atoms with Gasteiger partial charge in [-0.05, 0) is 57.4 Å². The molecule has 7 nitrogen and oxygen atoms in total. The van der Waals surface area contributed by atoms with Crippen molar-refractivity contribution in [3.05, 3.63) is 60.4 Å². The van der Waals surface area contributed by atoms with E-state index in [9.17, 15) is 14.0 Å². The molecule has 3 aromatic rings. The summed E-state index contributed by atoms with van der Waals surface area (Å²) in [7, 11) is 0. The van der Waals surface area contributed by atoms with Crippen molar-refractivity contribution in [1.82, 2.24) is 19.7 Å². The monoisotopic (exact) mass is 482 g/mol. The highest BCUT2D eigenvalue weighted by atomic mass is 32.2. The highest BCUT2D eigenvalue weighted by molar-refractivity contribution is 7.99. The molecule has 2 aromatic carbocycles. The van der Waals surface area contributed by atoms with Crippen molar-refractivity contribution in [2.24, 2.45) is 0 Å². The molecule has 2 heterocycles. The van der Waals surface area contributed by atoms with Gasteiger partial charge in [-0.15, -0.1) is 10.2 Å². The largest absolute Gasteiger partial charge is 0.455 e. The van der Waals surface area contributed by atoms with Crippen LogP contribution in [-0.2, 0) is 14.3 Å². The van der Waals surface area contributed by atoms with Gasteiger partial charge in [0.25, 0.3) is 5.91 Å². The molecule has 0 radical (unpaired) electrons. The number of benzene rings is 2. The Morgan fingerprint density at radius 3 is 2.41 bits per heavy atom. The molecular formula is C25H27FN4O3S. The van der Waals surface area contributed by atoms with Crippen LogP contribution in [-0.4, -0.2) is 56.0 Å². The van der Waals surface area contributed by atoms with Gasteiger partial charge >= 0.3 is 5.97 Å². The fourth-order valence-corrected chi connectivity index (χ4v) is 5.03. The number of hydrogen-bond donors (Lipinski definition) is 0. The zero-order valence-corrected chi connectivity index (χ0v) is 20.0. The van der Waals surface area contributed by atoms with Crippen molar-refractivity contribution in [2.45, 2.75) is 50.4 Å². The van der Waals surface area contributed by atoms with Crippen LogP contribution in [0.25, 0.3) is 17.1 Å². The van der Waals surface area contributed by atoms with E-state index in [0.29, 0.717) is 16.5 Å². The van der Waals surface area contributed by atoms with Crippen LogP contribution in [0.1, 0.15) is 33.1 Å². The minimum Gasteiger partial charge on any atom is -0.455 e. The van der Waals surface area contributed by atoms with Crippen molar-refractivity contribution in [3.8, 4) is 17.1 Å². The SMILES string of the molecule is CC1CCCC(C)N1C(=O)COC(=O)CSc1nnc(-c2ccccc2F)n1-c1ccccc1. The van der Waals surface area contributed by atoms with Crippen molar-refractivity contribution in [1.29, 1.82) is 0 Å². The number of likely N-dealkylation sites (tertiary alicyclic amines) is 1. The van der Waals surface area contributed by atoms with Gasteiger partial charge in [0.1, 0.15) is 5.82 Å². The highest BCUT2D eigenvalue weighted by Crippen LogP contribution is 2.29. The highest BCUT2D eigenvalue weighted by Gasteiger charge is 2.29. The van der Waals surface area contributed by atoms with Crippen molar-refractivity contribution in [3.63, 3.8) is 0 Å². The molecule has 1 aromatic heterocycles. The van der Waals surface area contributed by atoms with Crippen LogP contribution >= 0.6 is 11.8 Å². The summed E-state index contributed by atoms with van der Waals surface area (Å²) >= 11 is 1.13. The Hall–Kier alpha value is -3.20. The van der Waals surface area contributed by atoms with Gasteiger partial charge in [-0.25, -0.2) is 4.39 Å². The standard InChI is InChI=1S/C25H27FN4O3S/c1-17-9-8-10-18(2)29(17)22(31)15-33-23(32)16-34-25-28-27-24(20-13-6-7-14-21(20)26)30(25)19-11-4-3-5-12-19/h3-7,11-14,17-18H,8-10,15-16H2,1-2H3. The summed E-state index contributed by atoms with van der Waals surface area (Å²) in [6.45, 7) is 3.77. The molecule has 1 fully saturated rings. The number of amides is 1. The molecule has 178 valence electrons. The molecule has 34 heavy (non-hydrogen) atoms. The van der Waals surface area contributed by atoms with E-state index in [0.717, 1.165) is 36.7 Å². The number of piperidine rings is 1. The van der Waals surface area contributed by atoms with Crippen LogP contribution in [0, 0.1) is 5.82 Å². The minimum atomic E-state index is -0.522. The van der Waals surface area contributed by atoms with E-state index in [4.69, 9.17) is 4.74 Å². The number of halogens is 1. The first kappa shape index (κ1) is 23.9. The van der Waals surface area contributed by atoms with Crippen LogP contribution in [0.2, 0.25) is 0 Å². The lowest BCUT2D eigenvalue weighted by atomic mass is 9.97. The number of hydrogen-bond acceptors (Lipinski definition) is 6. The molecule has 9 heteroatoms. The molecule has 1 saturated heterocycles. The zero-order valence-electron chi connectivity index (χ0n) is 19.2. The topological polar surface area (TPSA) is 77.3 Å². The maximum atomic E-state index is 14.5. The Balaban J connectivity index is 1.45. The van der Waals surface area contributed by atoms with Crippen molar-refractivity contribution < 1.29 is 18.7 Å². The number of esters is 1. The summed E-state index contributed by atoms with van der Waals surface area (Å²) in [6.07, 6.45) is 3.01. The number of nitrogens with zero attached hydrogens (tertiary/aromatic N) is 4. The third-order valence-corrected chi connectivity index (χ3v) is 6.82. The van der Waals surface area contributed by atoms with Gasteiger partial charge in [-0.3, -0.25) is 14.2 Å². The van der Waals surface area contributed by atoms with E-state index in [1.165, 1.54) is 6.07 Å². The Morgan fingerprint density at radius 2 is 1.71 bits per heavy atom. The third-order valence-electron chi connectivity index (χ3n) is 5.92. The van der Waals surface area contributed by atoms with E-state index >= 15 is 0 Å². The lowest BCUT2D eigenvalue weighted by Gasteiger charge is -2.38. The molecule has 1 aliphatic rings. The maximum absolute atomic E-state index is 14.5. The predicted octanol–water partition coefficient (Wildman–Crippen LogP) is 4.50. The predicted molar refractivity (Wildman–Crippen MR) is 128 cm³/mol. The molecule has 0 N–H and O–H groups in total. The number of carbonyl (C=O) groups excluding carboxylic acids is 2. The van der Waals surface area contributed by atoms with Gasteiger partial charge in [0.2, 0.25) is 0 Å². The van der Waals surface area contributed by atoms with Gasteiger partial charge < -0.3 is 9.64 Å². The van der Waals surface area contributed by atoms with Gasteiger partial charge in [-0.1, -0.05) is 42.1 Å². The number of rotatable bonds is 7. The molecule has 2 atom stereocenters. The Labute approximate surface area is 202 Å². The van der Waals surface area contributed by atoms with E-state index in [1.54, 1.807) is 22.8 Å². The van der Waals surface area contributed by atoms with E-state index in [2.05, 4.69) is 10.2 Å². The second-order valence-electron chi connectivity index (χ2n) is 8.34. The fraction of sp³-hybridized carbons (Fsp3) is 0.360. The van der Waals surface area contributed by atoms with Crippen LogP contribution in [0.5, 0.6) is 0 Å². The maximum Gasteiger partial charge on any atom is 0.316 e. The third kappa shape index (κ3) is 5.30. The zero-order chi connectivity index (χ0) is 24.1. The lowest BCUT2D eigenvalue weighted by Crippen LogP contribution is -2.49. The molecule has 1 aliphatic heterocycles. The average Bonchev–Trinajstić information content (AvgIpc) is 3.26. The van der Waals surface area contributed by atoms with Gasteiger partial charge in [0.05, 0.1) is 11.3 Å². The molecule has 1 amide bonds. The summed E-state index contributed by atoms with van der Waals surface area (Å²) in [5.74, 6) is -0.829. The van der Waals surface area contributed by atoms with Gasteiger partial charge in [0.15, 0.2) is 17.6 Å². The summed E-state index contributed by atoms with van der Waals surface area (Å²) in [4.78, 5) is 26.8. The number of carbonyl (C=O) groups is 2.